The van der Waals surface area contributed by atoms with Gasteiger partial charge in [0.1, 0.15) is 5.69 Å². The lowest BCUT2D eigenvalue weighted by Crippen LogP contribution is -2.11. The van der Waals surface area contributed by atoms with E-state index in [9.17, 15) is 10.1 Å². The number of nitrogens with one attached hydrogen (secondary N) is 1. The minimum absolute atomic E-state index is 0.0424. The molecule has 1 N–H and O–H groups in total. The molecule has 0 aliphatic heterocycles. The molecule has 0 fully saturated rings. The van der Waals surface area contributed by atoms with Crippen molar-refractivity contribution in [1.82, 2.24) is 9.78 Å². The predicted molar refractivity (Wildman–Crippen MR) is 82.7 cm³/mol. The maximum atomic E-state index is 11.3. The Morgan fingerprint density at radius 1 is 1.43 bits per heavy atom. The van der Waals surface area contributed by atoms with Gasteiger partial charge in [0, 0.05) is 12.1 Å². The Morgan fingerprint density at radius 2 is 2.05 bits per heavy atom. The van der Waals surface area contributed by atoms with Gasteiger partial charge in [0.25, 0.3) is 0 Å². The number of halogens is 1. The van der Waals surface area contributed by atoms with Crippen LogP contribution in [0.4, 0.5) is 11.5 Å². The first-order chi connectivity index (χ1) is 9.93. The van der Waals surface area contributed by atoms with Crippen molar-refractivity contribution in [2.75, 3.05) is 5.32 Å². The van der Waals surface area contributed by atoms with Gasteiger partial charge < -0.3 is 5.32 Å². The standard InChI is InChI=1S/C14H17ClN4O2/c1-4-12-13(19(20)21)14(18(3)17-12)16-9(2)10-5-7-11(15)8-6-10/h5-9,16H,4H2,1-3H3. The summed E-state index contributed by atoms with van der Waals surface area (Å²) in [7, 11) is 1.70. The van der Waals surface area contributed by atoms with Crippen LogP contribution in [0.3, 0.4) is 0 Å². The van der Waals surface area contributed by atoms with Crippen LogP contribution in [0.25, 0.3) is 0 Å². The molecular formula is C14H17ClN4O2. The average Bonchev–Trinajstić information content (AvgIpc) is 2.76. The van der Waals surface area contributed by atoms with Crippen molar-refractivity contribution >= 4 is 23.1 Å². The Kier molecular flexibility index (Phi) is 4.47. The molecule has 112 valence electrons. The van der Waals surface area contributed by atoms with E-state index in [1.54, 1.807) is 19.2 Å². The van der Waals surface area contributed by atoms with Gasteiger partial charge in [-0.3, -0.25) is 10.1 Å². The van der Waals surface area contributed by atoms with Gasteiger partial charge >= 0.3 is 5.69 Å². The van der Waals surface area contributed by atoms with Gasteiger partial charge in [0.05, 0.1) is 11.0 Å². The summed E-state index contributed by atoms with van der Waals surface area (Å²) in [4.78, 5) is 10.9. The molecule has 1 aromatic carbocycles. The molecule has 1 heterocycles. The van der Waals surface area contributed by atoms with E-state index in [-0.39, 0.29) is 16.7 Å². The van der Waals surface area contributed by atoms with Crippen molar-refractivity contribution in [1.29, 1.82) is 0 Å². The average molecular weight is 309 g/mol. The van der Waals surface area contributed by atoms with E-state index in [0.717, 1.165) is 5.56 Å². The topological polar surface area (TPSA) is 73.0 Å². The summed E-state index contributed by atoms with van der Waals surface area (Å²) in [6.07, 6.45) is 0.515. The lowest BCUT2D eigenvalue weighted by atomic mass is 10.1. The first kappa shape index (κ1) is 15.3. The summed E-state index contributed by atoms with van der Waals surface area (Å²) < 4.78 is 1.52. The monoisotopic (exact) mass is 308 g/mol. The largest absolute Gasteiger partial charge is 0.358 e. The molecular weight excluding hydrogens is 292 g/mol. The summed E-state index contributed by atoms with van der Waals surface area (Å²) in [6, 6.07) is 7.28. The van der Waals surface area contributed by atoms with Crippen LogP contribution in [-0.4, -0.2) is 14.7 Å². The van der Waals surface area contributed by atoms with Crippen molar-refractivity contribution in [2.45, 2.75) is 26.3 Å². The van der Waals surface area contributed by atoms with E-state index in [1.165, 1.54) is 4.68 Å². The first-order valence-electron chi connectivity index (χ1n) is 6.66. The molecule has 0 bridgehead atoms. The van der Waals surface area contributed by atoms with Gasteiger partial charge in [-0.05, 0) is 31.0 Å². The van der Waals surface area contributed by atoms with E-state index in [2.05, 4.69) is 10.4 Å². The number of rotatable bonds is 5. The van der Waals surface area contributed by atoms with Gasteiger partial charge in [-0.1, -0.05) is 30.7 Å². The van der Waals surface area contributed by atoms with Gasteiger partial charge in [0.2, 0.25) is 5.82 Å². The third-order valence-electron chi connectivity index (χ3n) is 3.33. The first-order valence-corrected chi connectivity index (χ1v) is 7.04. The highest BCUT2D eigenvalue weighted by atomic mass is 35.5. The van der Waals surface area contributed by atoms with Gasteiger partial charge in [-0.2, -0.15) is 5.10 Å². The SMILES string of the molecule is CCc1nn(C)c(NC(C)c2ccc(Cl)cc2)c1[N+](=O)[O-]. The summed E-state index contributed by atoms with van der Waals surface area (Å²) in [5, 5.41) is 19.3. The Labute approximate surface area is 127 Å². The van der Waals surface area contributed by atoms with Gasteiger partial charge in [-0.15, -0.1) is 0 Å². The quantitative estimate of drug-likeness (QED) is 0.675. The molecule has 21 heavy (non-hydrogen) atoms. The second-order valence-corrected chi connectivity index (χ2v) is 5.23. The molecule has 2 rings (SSSR count). The van der Waals surface area contributed by atoms with Crippen LogP contribution in [0.1, 0.15) is 31.1 Å². The van der Waals surface area contributed by atoms with Crippen molar-refractivity contribution in [3.8, 4) is 0 Å². The maximum Gasteiger partial charge on any atom is 0.333 e. The predicted octanol–water partition coefficient (Wildman–Crippen LogP) is 3.72. The molecule has 2 aromatic rings. The third kappa shape index (κ3) is 3.16. The second-order valence-electron chi connectivity index (χ2n) is 4.80. The lowest BCUT2D eigenvalue weighted by Gasteiger charge is -2.15. The molecule has 0 saturated heterocycles. The lowest BCUT2D eigenvalue weighted by molar-refractivity contribution is -0.384. The van der Waals surface area contributed by atoms with Crippen LogP contribution in [-0.2, 0) is 13.5 Å². The fourth-order valence-corrected chi connectivity index (χ4v) is 2.33. The molecule has 1 aromatic heterocycles. The number of hydrogen-bond acceptors (Lipinski definition) is 4. The molecule has 1 atom stereocenters. The van der Waals surface area contributed by atoms with E-state index in [0.29, 0.717) is 23.0 Å². The molecule has 0 spiro atoms. The van der Waals surface area contributed by atoms with Crippen LogP contribution in [0.15, 0.2) is 24.3 Å². The van der Waals surface area contributed by atoms with E-state index in [1.807, 2.05) is 26.0 Å². The van der Waals surface area contributed by atoms with Crippen LogP contribution in [0.5, 0.6) is 0 Å². The van der Waals surface area contributed by atoms with Crippen LogP contribution >= 0.6 is 11.6 Å². The molecule has 0 aliphatic rings. The van der Waals surface area contributed by atoms with E-state index >= 15 is 0 Å². The normalized spacial score (nSPS) is 12.2. The number of anilines is 1. The zero-order valence-corrected chi connectivity index (χ0v) is 12.9. The van der Waals surface area contributed by atoms with E-state index in [4.69, 9.17) is 11.6 Å². The van der Waals surface area contributed by atoms with Crippen LogP contribution in [0, 0.1) is 10.1 Å². The van der Waals surface area contributed by atoms with Crippen molar-refractivity contribution in [3.05, 3.63) is 50.7 Å². The molecule has 7 heteroatoms. The maximum absolute atomic E-state index is 11.3. The van der Waals surface area contributed by atoms with Crippen LogP contribution in [0.2, 0.25) is 5.02 Å². The fraction of sp³-hybridized carbons (Fsp3) is 0.357. The number of aromatic nitrogens is 2. The van der Waals surface area contributed by atoms with E-state index < -0.39 is 0 Å². The second kappa shape index (κ2) is 6.13. The zero-order valence-electron chi connectivity index (χ0n) is 12.1. The Morgan fingerprint density at radius 3 is 2.57 bits per heavy atom. The molecule has 0 radical (unpaired) electrons. The smallest absolute Gasteiger partial charge is 0.333 e. The Hall–Kier alpha value is -2.08. The molecule has 1 unspecified atom stereocenters. The number of benzene rings is 1. The highest BCUT2D eigenvalue weighted by Gasteiger charge is 2.26. The zero-order chi connectivity index (χ0) is 15.6. The number of hydrogen-bond donors (Lipinski definition) is 1. The Bertz CT molecular complexity index is 652. The molecule has 6 nitrogen and oxygen atoms in total. The van der Waals surface area contributed by atoms with Gasteiger partial charge in [0.15, 0.2) is 0 Å². The van der Waals surface area contributed by atoms with Crippen molar-refractivity contribution in [2.24, 2.45) is 7.05 Å². The summed E-state index contributed by atoms with van der Waals surface area (Å²) in [6.45, 7) is 3.79. The van der Waals surface area contributed by atoms with Gasteiger partial charge in [-0.25, -0.2) is 4.68 Å². The van der Waals surface area contributed by atoms with Crippen molar-refractivity contribution < 1.29 is 4.92 Å². The highest BCUT2D eigenvalue weighted by Crippen LogP contribution is 2.31. The van der Waals surface area contributed by atoms with Crippen LogP contribution < -0.4 is 5.32 Å². The minimum atomic E-state index is -0.386. The number of nitrogens with zero attached hydrogens (tertiary/aromatic N) is 3. The highest BCUT2D eigenvalue weighted by molar-refractivity contribution is 6.30. The number of aryl methyl sites for hydroxylation is 2. The molecule has 0 saturated carbocycles. The fourth-order valence-electron chi connectivity index (χ4n) is 2.20. The summed E-state index contributed by atoms with van der Waals surface area (Å²) in [5.41, 5.74) is 1.52. The molecule has 0 aliphatic carbocycles. The van der Waals surface area contributed by atoms with Crippen molar-refractivity contribution in [3.63, 3.8) is 0 Å². The Balaban J connectivity index is 2.32. The summed E-state index contributed by atoms with van der Waals surface area (Å²) >= 11 is 5.87. The summed E-state index contributed by atoms with van der Waals surface area (Å²) in [5.74, 6) is 0.416. The minimum Gasteiger partial charge on any atom is -0.358 e. The molecule has 0 amide bonds. The third-order valence-corrected chi connectivity index (χ3v) is 3.58. The number of nitro groups is 1.